The number of nitriles is 1. The average Bonchev–Trinajstić information content (AvgIpc) is 3.62. The Hall–Kier alpha value is -4.49. The molecule has 46 heavy (non-hydrogen) atoms. The van der Waals surface area contributed by atoms with E-state index >= 15 is 8.78 Å². The molecule has 16 heteroatoms. The van der Waals surface area contributed by atoms with Gasteiger partial charge in [0.1, 0.15) is 52.3 Å². The molecule has 1 aliphatic heterocycles. The van der Waals surface area contributed by atoms with Gasteiger partial charge in [0.2, 0.25) is 0 Å². The van der Waals surface area contributed by atoms with Crippen molar-refractivity contribution in [3.8, 4) is 23.2 Å². The first-order valence-corrected chi connectivity index (χ1v) is 15.1. The van der Waals surface area contributed by atoms with Crippen LogP contribution in [-0.4, -0.2) is 71.3 Å². The van der Waals surface area contributed by atoms with Gasteiger partial charge < -0.3 is 30.7 Å². The number of hydrogen-bond acceptors (Lipinski definition) is 12. The number of halogens is 4. The van der Waals surface area contributed by atoms with Crippen LogP contribution in [-0.2, 0) is 4.74 Å². The molecule has 4 heterocycles. The maximum absolute atomic E-state index is 16.9. The van der Waals surface area contributed by atoms with Crippen LogP contribution in [0.3, 0.4) is 0 Å². The van der Waals surface area contributed by atoms with Gasteiger partial charge in [0, 0.05) is 46.8 Å². The standard InChI is InChI=1S/C30H27ClF3N9O2S/c1-12(15-8-38-11-39-27(15)36)43(4)29-13-5-16(31)22(23-17(32)6-18(33)26-21(23)14(7-35)28(37)46-26)24(34)25(13)40-30(41-29)45-20-10-44-9-19(20)42(2)3/h5-6,8,11-12,19-20H,9-10,37H2,1-4H3,(H2,36,38,39)/t12-,19+,20-/m1/s1. The van der Waals surface area contributed by atoms with Crippen molar-refractivity contribution in [2.75, 3.05) is 50.7 Å². The van der Waals surface area contributed by atoms with Crippen LogP contribution in [0.2, 0.25) is 5.02 Å². The largest absolute Gasteiger partial charge is 0.456 e. The summed E-state index contributed by atoms with van der Waals surface area (Å²) in [7, 11) is 5.46. The minimum Gasteiger partial charge on any atom is -0.456 e. The number of thiophene rings is 1. The summed E-state index contributed by atoms with van der Waals surface area (Å²) >= 11 is 7.46. The normalized spacial score (nSPS) is 17.1. The monoisotopic (exact) mass is 669 g/mol. The highest BCUT2D eigenvalue weighted by atomic mass is 35.5. The third-order valence-corrected chi connectivity index (χ3v) is 9.48. The number of nitrogens with two attached hydrogens (primary N) is 2. The number of ether oxygens (including phenoxy) is 2. The van der Waals surface area contributed by atoms with Gasteiger partial charge in [0.05, 0.1) is 40.6 Å². The van der Waals surface area contributed by atoms with Crippen LogP contribution in [0.1, 0.15) is 24.1 Å². The Morgan fingerprint density at radius 2 is 1.89 bits per heavy atom. The molecule has 3 atom stereocenters. The Morgan fingerprint density at radius 3 is 2.59 bits per heavy atom. The summed E-state index contributed by atoms with van der Waals surface area (Å²) in [4.78, 5) is 20.9. The molecule has 3 aromatic heterocycles. The first kappa shape index (κ1) is 31.5. The number of anilines is 3. The summed E-state index contributed by atoms with van der Waals surface area (Å²) in [6.07, 6.45) is 2.40. The van der Waals surface area contributed by atoms with Gasteiger partial charge in [0.15, 0.2) is 5.82 Å². The minimum absolute atomic E-state index is 0.0464. The lowest BCUT2D eigenvalue weighted by Gasteiger charge is -2.29. The molecular weight excluding hydrogens is 643 g/mol. The Bertz CT molecular complexity index is 2060. The first-order valence-electron chi connectivity index (χ1n) is 13.9. The van der Waals surface area contributed by atoms with Gasteiger partial charge in [-0.2, -0.15) is 15.2 Å². The number of fused-ring (bicyclic) bond motifs is 2. The van der Waals surface area contributed by atoms with Crippen LogP contribution in [0.15, 0.2) is 24.7 Å². The number of aromatic nitrogens is 4. The fourth-order valence-electron chi connectivity index (χ4n) is 5.61. The van der Waals surface area contributed by atoms with E-state index in [1.54, 1.807) is 18.1 Å². The van der Waals surface area contributed by atoms with Gasteiger partial charge in [-0.25, -0.2) is 23.1 Å². The second kappa shape index (κ2) is 12.0. The third kappa shape index (κ3) is 5.17. The molecule has 1 fully saturated rings. The van der Waals surface area contributed by atoms with Crippen molar-refractivity contribution in [2.45, 2.75) is 25.1 Å². The maximum Gasteiger partial charge on any atom is 0.319 e. The first-order chi connectivity index (χ1) is 21.9. The van der Waals surface area contributed by atoms with E-state index in [9.17, 15) is 9.65 Å². The van der Waals surface area contributed by atoms with E-state index in [2.05, 4.69) is 19.9 Å². The maximum atomic E-state index is 16.9. The molecule has 0 bridgehead atoms. The van der Waals surface area contributed by atoms with Crippen molar-refractivity contribution < 1.29 is 22.6 Å². The number of rotatable bonds is 7. The molecule has 0 amide bonds. The Kier molecular flexibility index (Phi) is 8.23. The van der Waals surface area contributed by atoms with Crippen molar-refractivity contribution in [1.29, 1.82) is 5.26 Å². The van der Waals surface area contributed by atoms with E-state index in [0.29, 0.717) is 18.2 Å². The predicted octanol–water partition coefficient (Wildman–Crippen LogP) is 5.31. The second-order valence-electron chi connectivity index (χ2n) is 11.0. The van der Waals surface area contributed by atoms with Crippen LogP contribution >= 0.6 is 22.9 Å². The van der Waals surface area contributed by atoms with Gasteiger partial charge in [-0.15, -0.1) is 11.3 Å². The molecule has 4 N–H and O–H groups in total. The molecule has 11 nitrogen and oxygen atoms in total. The number of nitrogen functional groups attached to an aromatic ring is 2. The molecular formula is C30H27ClF3N9O2S. The second-order valence-corrected chi connectivity index (χ2v) is 12.5. The number of nitrogens with zero attached hydrogens (tertiary/aromatic N) is 7. The lowest BCUT2D eigenvalue weighted by Crippen LogP contribution is -2.41. The average molecular weight is 670 g/mol. The zero-order valence-electron chi connectivity index (χ0n) is 25.0. The summed E-state index contributed by atoms with van der Waals surface area (Å²) in [6.45, 7) is 2.48. The summed E-state index contributed by atoms with van der Waals surface area (Å²) in [5.41, 5.74) is 11.4. The van der Waals surface area contributed by atoms with Gasteiger partial charge in [-0.3, -0.25) is 0 Å². The van der Waals surface area contributed by atoms with Crippen molar-refractivity contribution in [2.24, 2.45) is 0 Å². The molecule has 1 saturated heterocycles. The Morgan fingerprint density at radius 1 is 1.13 bits per heavy atom. The van der Waals surface area contributed by atoms with Gasteiger partial charge in [-0.05, 0) is 27.1 Å². The summed E-state index contributed by atoms with van der Waals surface area (Å²) < 4.78 is 59.1. The molecule has 1 aliphatic rings. The van der Waals surface area contributed by atoms with Crippen LogP contribution in [0.25, 0.3) is 32.1 Å². The molecule has 6 rings (SSSR count). The van der Waals surface area contributed by atoms with E-state index in [1.165, 1.54) is 12.4 Å². The molecule has 0 radical (unpaired) electrons. The summed E-state index contributed by atoms with van der Waals surface area (Å²) in [5, 5.41) is 9.50. The zero-order valence-corrected chi connectivity index (χ0v) is 26.5. The van der Waals surface area contributed by atoms with Crippen molar-refractivity contribution in [3.05, 3.63) is 58.3 Å². The van der Waals surface area contributed by atoms with E-state index in [-0.39, 0.29) is 66.9 Å². The smallest absolute Gasteiger partial charge is 0.319 e. The SMILES string of the molecule is C[C@H](c1cncnc1N)N(C)c1nc(O[C@@H]2COC[C@@H]2N(C)C)nc2c(F)c(-c3c(F)cc(F)c4sc(N)c(C#N)c34)c(Cl)cc12. The third-order valence-electron chi connectivity index (χ3n) is 8.16. The number of benzene rings is 2. The topological polar surface area (TPSA) is 152 Å². The Labute approximate surface area is 270 Å². The van der Waals surface area contributed by atoms with Crippen LogP contribution in [0, 0.1) is 28.8 Å². The molecule has 0 unspecified atom stereocenters. The van der Waals surface area contributed by atoms with E-state index in [1.807, 2.05) is 32.0 Å². The van der Waals surface area contributed by atoms with Crippen LogP contribution < -0.4 is 21.1 Å². The fraction of sp³-hybridized carbons (Fsp3) is 0.300. The molecule has 5 aromatic rings. The van der Waals surface area contributed by atoms with Crippen LogP contribution in [0.5, 0.6) is 6.01 Å². The molecule has 238 valence electrons. The highest BCUT2D eigenvalue weighted by Crippen LogP contribution is 2.47. The van der Waals surface area contributed by atoms with E-state index < -0.39 is 40.7 Å². The summed E-state index contributed by atoms with van der Waals surface area (Å²) in [6, 6.07) is 3.09. The van der Waals surface area contributed by atoms with E-state index in [4.69, 9.17) is 32.5 Å². The summed E-state index contributed by atoms with van der Waals surface area (Å²) in [5.74, 6) is -2.65. The van der Waals surface area contributed by atoms with Gasteiger partial charge in [-0.1, -0.05) is 11.6 Å². The van der Waals surface area contributed by atoms with Gasteiger partial charge >= 0.3 is 6.01 Å². The zero-order chi connectivity index (χ0) is 33.0. The fourth-order valence-corrected chi connectivity index (χ4v) is 6.83. The lowest BCUT2D eigenvalue weighted by atomic mass is 9.96. The number of hydrogen-bond donors (Lipinski definition) is 2. The quantitative estimate of drug-likeness (QED) is 0.232. The van der Waals surface area contributed by atoms with Crippen molar-refractivity contribution in [3.63, 3.8) is 0 Å². The lowest BCUT2D eigenvalue weighted by molar-refractivity contribution is 0.117. The predicted molar refractivity (Wildman–Crippen MR) is 170 cm³/mol. The minimum atomic E-state index is -1.13. The molecule has 0 spiro atoms. The van der Waals surface area contributed by atoms with Crippen LogP contribution in [0.4, 0.5) is 29.8 Å². The molecule has 2 aromatic carbocycles. The van der Waals surface area contributed by atoms with Crippen molar-refractivity contribution >= 4 is 60.6 Å². The van der Waals surface area contributed by atoms with Crippen molar-refractivity contribution in [1.82, 2.24) is 24.8 Å². The molecule has 0 saturated carbocycles. The number of likely N-dealkylation sites (N-methyl/N-ethyl adjacent to an activating group) is 1. The Balaban J connectivity index is 1.61. The highest BCUT2D eigenvalue weighted by molar-refractivity contribution is 7.23. The van der Waals surface area contributed by atoms with E-state index in [0.717, 1.165) is 11.3 Å². The highest BCUT2D eigenvalue weighted by Gasteiger charge is 2.34. The molecule has 0 aliphatic carbocycles. The van der Waals surface area contributed by atoms with Gasteiger partial charge in [0.25, 0.3) is 0 Å².